The van der Waals surface area contributed by atoms with Gasteiger partial charge in [0.25, 0.3) is 0 Å². The Bertz CT molecular complexity index is 341. The van der Waals surface area contributed by atoms with Crippen molar-refractivity contribution >= 4 is 17.8 Å². The van der Waals surface area contributed by atoms with Gasteiger partial charge in [0.05, 0.1) is 0 Å². The van der Waals surface area contributed by atoms with E-state index in [0.29, 0.717) is 18.8 Å². The van der Waals surface area contributed by atoms with Gasteiger partial charge in [-0.25, -0.2) is 4.79 Å². The van der Waals surface area contributed by atoms with E-state index in [1.807, 2.05) is 27.7 Å². The van der Waals surface area contributed by atoms with Crippen LogP contribution in [-0.2, 0) is 9.59 Å². The summed E-state index contributed by atoms with van der Waals surface area (Å²) in [6.07, 6.45) is 1.72. The number of rotatable bonds is 5. The van der Waals surface area contributed by atoms with Gasteiger partial charge in [0.2, 0.25) is 11.8 Å². The molecule has 1 saturated heterocycles. The van der Waals surface area contributed by atoms with Crippen LogP contribution in [0.4, 0.5) is 4.79 Å². The van der Waals surface area contributed by atoms with E-state index >= 15 is 0 Å². The fourth-order valence-electron chi connectivity index (χ4n) is 2.33. The number of imide groups is 2. The van der Waals surface area contributed by atoms with Crippen LogP contribution in [0.2, 0.25) is 0 Å². The molecule has 0 aliphatic carbocycles. The number of hydrogen-bond donors (Lipinski definition) is 2. The van der Waals surface area contributed by atoms with Crippen molar-refractivity contribution in [3.63, 3.8) is 0 Å². The number of hydrogen-bond acceptors (Lipinski definition) is 3. The summed E-state index contributed by atoms with van der Waals surface area (Å²) in [5.41, 5.74) is -1.09. The lowest BCUT2D eigenvalue weighted by Gasteiger charge is -2.35. The molecule has 1 heterocycles. The van der Waals surface area contributed by atoms with Crippen molar-refractivity contribution in [3.8, 4) is 0 Å². The van der Waals surface area contributed by atoms with E-state index in [0.717, 1.165) is 6.42 Å². The first kappa shape index (κ1) is 14.7. The van der Waals surface area contributed by atoms with E-state index in [-0.39, 0.29) is 5.92 Å². The average molecular weight is 254 g/mol. The molecule has 0 saturated carbocycles. The van der Waals surface area contributed by atoms with Crippen molar-refractivity contribution in [2.45, 2.75) is 47.0 Å². The summed E-state index contributed by atoms with van der Waals surface area (Å²) in [5, 5.41) is 4.44. The van der Waals surface area contributed by atoms with Crippen LogP contribution in [0.3, 0.4) is 0 Å². The fraction of sp³-hybridized carbons (Fsp3) is 0.769. The zero-order chi connectivity index (χ0) is 13.9. The SMILES string of the molecule is CC(C)CCC1(CC(C)C)C(=O)NC(=O)NC1=O. The van der Waals surface area contributed by atoms with Gasteiger partial charge in [0, 0.05) is 0 Å². The van der Waals surface area contributed by atoms with Gasteiger partial charge >= 0.3 is 6.03 Å². The van der Waals surface area contributed by atoms with Gasteiger partial charge in [0.15, 0.2) is 0 Å². The third-order valence-electron chi connectivity index (χ3n) is 3.23. The van der Waals surface area contributed by atoms with Gasteiger partial charge in [-0.3, -0.25) is 20.2 Å². The number of barbiturate groups is 1. The minimum atomic E-state index is -1.09. The molecular weight excluding hydrogens is 232 g/mol. The summed E-state index contributed by atoms with van der Waals surface area (Å²) in [5.74, 6) is -0.287. The summed E-state index contributed by atoms with van der Waals surface area (Å²) in [6, 6.07) is -0.714. The maximum Gasteiger partial charge on any atom is 0.328 e. The first-order chi connectivity index (χ1) is 8.28. The van der Waals surface area contributed by atoms with Gasteiger partial charge in [-0.1, -0.05) is 27.7 Å². The lowest BCUT2D eigenvalue weighted by Crippen LogP contribution is -2.62. The van der Waals surface area contributed by atoms with Gasteiger partial charge in [-0.2, -0.15) is 0 Å². The van der Waals surface area contributed by atoms with Crippen molar-refractivity contribution in [3.05, 3.63) is 0 Å². The minimum absolute atomic E-state index is 0.210. The lowest BCUT2D eigenvalue weighted by molar-refractivity contribution is -0.146. The molecule has 1 rings (SSSR count). The molecule has 18 heavy (non-hydrogen) atoms. The van der Waals surface area contributed by atoms with Crippen LogP contribution in [0.25, 0.3) is 0 Å². The van der Waals surface area contributed by atoms with Crippen LogP contribution < -0.4 is 10.6 Å². The molecule has 0 unspecified atom stereocenters. The smallest absolute Gasteiger partial charge is 0.277 e. The van der Waals surface area contributed by atoms with E-state index < -0.39 is 23.3 Å². The maximum absolute atomic E-state index is 12.1. The van der Waals surface area contributed by atoms with Crippen LogP contribution in [0, 0.1) is 17.3 Å². The van der Waals surface area contributed by atoms with Crippen molar-refractivity contribution in [1.29, 1.82) is 0 Å². The zero-order valence-corrected chi connectivity index (χ0v) is 11.5. The molecule has 5 nitrogen and oxygen atoms in total. The number of carbonyl (C=O) groups excluding carboxylic acids is 3. The van der Waals surface area contributed by atoms with Gasteiger partial charge in [-0.05, 0) is 31.1 Å². The summed E-state index contributed by atoms with van der Waals surface area (Å²) < 4.78 is 0. The monoisotopic (exact) mass is 254 g/mol. The molecule has 5 heteroatoms. The molecule has 0 aromatic heterocycles. The van der Waals surface area contributed by atoms with Crippen LogP contribution >= 0.6 is 0 Å². The lowest BCUT2D eigenvalue weighted by atomic mass is 9.73. The Balaban J connectivity index is 2.97. The Morgan fingerprint density at radius 3 is 1.83 bits per heavy atom. The third-order valence-corrected chi connectivity index (χ3v) is 3.23. The largest absolute Gasteiger partial charge is 0.328 e. The zero-order valence-electron chi connectivity index (χ0n) is 11.5. The first-order valence-corrected chi connectivity index (χ1v) is 6.45. The highest BCUT2D eigenvalue weighted by Crippen LogP contribution is 2.35. The molecule has 0 bridgehead atoms. The predicted octanol–water partition coefficient (Wildman–Crippen LogP) is 1.82. The second kappa shape index (κ2) is 5.50. The first-order valence-electron chi connectivity index (χ1n) is 6.45. The Labute approximate surface area is 108 Å². The molecule has 0 aromatic rings. The number of urea groups is 1. The van der Waals surface area contributed by atoms with Gasteiger partial charge in [-0.15, -0.1) is 0 Å². The Morgan fingerprint density at radius 1 is 0.944 bits per heavy atom. The van der Waals surface area contributed by atoms with Crippen LogP contribution in [0.15, 0.2) is 0 Å². The molecule has 0 radical (unpaired) electrons. The molecule has 1 aliphatic heterocycles. The third kappa shape index (κ3) is 3.09. The summed E-state index contributed by atoms with van der Waals surface area (Å²) in [6.45, 7) is 8.03. The molecular formula is C13H22N2O3. The molecule has 1 fully saturated rings. The number of carbonyl (C=O) groups is 3. The maximum atomic E-state index is 12.1. The van der Waals surface area contributed by atoms with E-state index in [1.165, 1.54) is 0 Å². The van der Waals surface area contributed by atoms with Crippen LogP contribution in [-0.4, -0.2) is 17.8 Å². The molecule has 102 valence electrons. The quantitative estimate of drug-likeness (QED) is 0.735. The molecule has 0 aromatic carbocycles. The summed E-state index contributed by atoms with van der Waals surface area (Å²) in [4.78, 5) is 35.3. The summed E-state index contributed by atoms with van der Waals surface area (Å²) in [7, 11) is 0. The number of nitrogens with one attached hydrogen (secondary N) is 2. The predicted molar refractivity (Wildman–Crippen MR) is 67.6 cm³/mol. The second-order valence-corrected chi connectivity index (χ2v) is 5.85. The molecule has 0 atom stereocenters. The standard InChI is InChI=1S/C13H22N2O3/c1-8(2)5-6-13(7-9(3)4)10(16)14-12(18)15-11(13)17/h8-9H,5-7H2,1-4H3,(H2,14,15,16,17,18). The van der Waals surface area contributed by atoms with Crippen LogP contribution in [0.5, 0.6) is 0 Å². The highest BCUT2D eigenvalue weighted by molar-refractivity contribution is 6.19. The Morgan fingerprint density at radius 2 is 1.44 bits per heavy atom. The van der Waals surface area contributed by atoms with E-state index in [9.17, 15) is 14.4 Å². The molecule has 2 N–H and O–H groups in total. The van der Waals surface area contributed by atoms with Crippen molar-refractivity contribution in [1.82, 2.24) is 10.6 Å². The van der Waals surface area contributed by atoms with Crippen molar-refractivity contribution in [2.24, 2.45) is 17.3 Å². The van der Waals surface area contributed by atoms with Crippen LogP contribution in [0.1, 0.15) is 47.0 Å². The topological polar surface area (TPSA) is 75.3 Å². The Kier molecular flexibility index (Phi) is 4.48. The van der Waals surface area contributed by atoms with E-state index in [4.69, 9.17) is 0 Å². The summed E-state index contributed by atoms with van der Waals surface area (Å²) >= 11 is 0. The van der Waals surface area contributed by atoms with Gasteiger partial charge in [0.1, 0.15) is 5.41 Å². The van der Waals surface area contributed by atoms with Crippen molar-refractivity contribution < 1.29 is 14.4 Å². The fourth-order valence-corrected chi connectivity index (χ4v) is 2.33. The molecule has 4 amide bonds. The number of amides is 4. The van der Waals surface area contributed by atoms with Gasteiger partial charge < -0.3 is 0 Å². The van der Waals surface area contributed by atoms with Crippen molar-refractivity contribution in [2.75, 3.05) is 0 Å². The van der Waals surface area contributed by atoms with E-state index in [2.05, 4.69) is 10.6 Å². The molecule has 0 spiro atoms. The minimum Gasteiger partial charge on any atom is -0.277 e. The second-order valence-electron chi connectivity index (χ2n) is 5.85. The highest BCUT2D eigenvalue weighted by Gasteiger charge is 2.49. The van der Waals surface area contributed by atoms with E-state index in [1.54, 1.807) is 0 Å². The Hall–Kier alpha value is -1.39. The molecule has 1 aliphatic rings. The average Bonchev–Trinajstić information content (AvgIpc) is 2.21. The normalized spacial score (nSPS) is 19.1. The highest BCUT2D eigenvalue weighted by atomic mass is 16.2.